The first-order valence-corrected chi connectivity index (χ1v) is 4.88. The molecule has 1 N–H and O–H groups in total. The van der Waals surface area contributed by atoms with Crippen LogP contribution in [0.2, 0.25) is 0 Å². The molecule has 5 nitrogen and oxygen atoms in total. The third-order valence-corrected chi connectivity index (χ3v) is 2.05. The lowest BCUT2D eigenvalue weighted by molar-refractivity contribution is 0.393. The zero-order chi connectivity index (χ0) is 10.4. The summed E-state index contributed by atoms with van der Waals surface area (Å²) in [5.41, 5.74) is 0. The molecule has 0 atom stereocenters. The lowest BCUT2D eigenvalue weighted by atomic mass is 10.4. The molecule has 0 unspecified atom stereocenters. The second-order valence-corrected chi connectivity index (χ2v) is 3.63. The number of hydrogen-bond acceptors (Lipinski definition) is 4. The molecule has 14 heavy (non-hydrogen) atoms. The maximum Gasteiger partial charge on any atom is 0.140 e. The van der Waals surface area contributed by atoms with Crippen molar-refractivity contribution in [2.75, 3.05) is 27.2 Å². The number of aromatic nitrogens is 3. The van der Waals surface area contributed by atoms with Gasteiger partial charge in [-0.05, 0) is 33.6 Å². The lowest BCUT2D eigenvalue weighted by Gasteiger charge is -2.09. The van der Waals surface area contributed by atoms with Crippen LogP contribution in [0.3, 0.4) is 0 Å². The van der Waals surface area contributed by atoms with Gasteiger partial charge in [-0.25, -0.2) is 4.98 Å². The fourth-order valence-corrected chi connectivity index (χ4v) is 1.20. The van der Waals surface area contributed by atoms with E-state index in [2.05, 4.69) is 34.4 Å². The highest BCUT2D eigenvalue weighted by atomic mass is 15.3. The van der Waals surface area contributed by atoms with Gasteiger partial charge >= 0.3 is 0 Å². The van der Waals surface area contributed by atoms with Gasteiger partial charge in [0.1, 0.15) is 12.2 Å². The standard InChI is InChI=1S/C9H19N5/c1-13(2)6-4-5-10-7-9-11-8-12-14(9)3/h8,10H,4-7H2,1-3H3. The number of nitrogens with zero attached hydrogens (tertiary/aromatic N) is 4. The Morgan fingerprint density at radius 1 is 1.50 bits per heavy atom. The van der Waals surface area contributed by atoms with Crippen LogP contribution in [0.1, 0.15) is 12.2 Å². The summed E-state index contributed by atoms with van der Waals surface area (Å²) >= 11 is 0. The molecule has 80 valence electrons. The minimum Gasteiger partial charge on any atom is -0.310 e. The van der Waals surface area contributed by atoms with Crippen molar-refractivity contribution < 1.29 is 0 Å². The highest BCUT2D eigenvalue weighted by Crippen LogP contribution is 1.89. The molecule has 0 saturated heterocycles. The van der Waals surface area contributed by atoms with Crippen molar-refractivity contribution in [3.05, 3.63) is 12.2 Å². The minimum absolute atomic E-state index is 0.796. The van der Waals surface area contributed by atoms with Crippen LogP contribution in [0.4, 0.5) is 0 Å². The van der Waals surface area contributed by atoms with Gasteiger partial charge in [0.15, 0.2) is 0 Å². The fourth-order valence-electron chi connectivity index (χ4n) is 1.20. The first-order chi connectivity index (χ1) is 6.70. The molecule has 0 aliphatic carbocycles. The zero-order valence-electron chi connectivity index (χ0n) is 9.19. The van der Waals surface area contributed by atoms with Crippen molar-refractivity contribution in [3.63, 3.8) is 0 Å². The van der Waals surface area contributed by atoms with Crippen LogP contribution in [-0.2, 0) is 13.6 Å². The van der Waals surface area contributed by atoms with E-state index in [1.165, 1.54) is 0 Å². The van der Waals surface area contributed by atoms with Crippen molar-refractivity contribution in [2.45, 2.75) is 13.0 Å². The highest BCUT2D eigenvalue weighted by Gasteiger charge is 1.98. The maximum atomic E-state index is 4.13. The van der Waals surface area contributed by atoms with E-state index in [0.29, 0.717) is 0 Å². The fraction of sp³-hybridized carbons (Fsp3) is 0.778. The van der Waals surface area contributed by atoms with E-state index in [9.17, 15) is 0 Å². The van der Waals surface area contributed by atoms with Crippen molar-refractivity contribution in [1.29, 1.82) is 0 Å². The largest absolute Gasteiger partial charge is 0.310 e. The summed E-state index contributed by atoms with van der Waals surface area (Å²) in [7, 11) is 6.08. The molecule has 0 fully saturated rings. The Labute approximate surface area is 85.1 Å². The normalized spacial score (nSPS) is 11.1. The Kier molecular flexibility index (Phi) is 4.55. The van der Waals surface area contributed by atoms with Gasteiger partial charge in [0.25, 0.3) is 0 Å². The van der Waals surface area contributed by atoms with Crippen LogP contribution in [-0.4, -0.2) is 46.8 Å². The smallest absolute Gasteiger partial charge is 0.140 e. The molecular formula is C9H19N5. The monoisotopic (exact) mass is 197 g/mol. The van der Waals surface area contributed by atoms with Gasteiger partial charge in [-0.3, -0.25) is 4.68 Å². The summed E-state index contributed by atoms with van der Waals surface area (Å²) in [4.78, 5) is 6.31. The van der Waals surface area contributed by atoms with Gasteiger partial charge in [0, 0.05) is 7.05 Å². The average Bonchev–Trinajstić information content (AvgIpc) is 2.51. The molecule has 0 bridgehead atoms. The van der Waals surface area contributed by atoms with Crippen LogP contribution in [0.15, 0.2) is 6.33 Å². The summed E-state index contributed by atoms with van der Waals surface area (Å²) in [5, 5.41) is 7.34. The molecule has 0 radical (unpaired) electrons. The highest BCUT2D eigenvalue weighted by molar-refractivity contribution is 4.81. The zero-order valence-corrected chi connectivity index (χ0v) is 9.19. The Morgan fingerprint density at radius 3 is 2.86 bits per heavy atom. The van der Waals surface area contributed by atoms with E-state index >= 15 is 0 Å². The molecule has 5 heteroatoms. The van der Waals surface area contributed by atoms with Gasteiger partial charge in [0.05, 0.1) is 6.54 Å². The maximum absolute atomic E-state index is 4.13. The van der Waals surface area contributed by atoms with Crippen LogP contribution < -0.4 is 5.32 Å². The molecule has 0 spiro atoms. The summed E-state index contributed by atoms with van der Waals surface area (Å²) in [5.74, 6) is 0.981. The van der Waals surface area contributed by atoms with E-state index in [1.807, 2.05) is 7.05 Å². The van der Waals surface area contributed by atoms with Gasteiger partial charge in [-0.1, -0.05) is 0 Å². The Morgan fingerprint density at radius 2 is 2.29 bits per heavy atom. The van der Waals surface area contributed by atoms with Crippen LogP contribution >= 0.6 is 0 Å². The first-order valence-electron chi connectivity index (χ1n) is 4.88. The quantitative estimate of drug-likeness (QED) is 0.645. The van der Waals surface area contributed by atoms with E-state index in [0.717, 1.165) is 31.9 Å². The molecular weight excluding hydrogens is 178 g/mol. The van der Waals surface area contributed by atoms with Gasteiger partial charge in [0.2, 0.25) is 0 Å². The van der Waals surface area contributed by atoms with E-state index in [1.54, 1.807) is 11.0 Å². The van der Waals surface area contributed by atoms with Crippen LogP contribution in [0.25, 0.3) is 0 Å². The molecule has 0 aliphatic heterocycles. The summed E-state index contributed by atoms with van der Waals surface area (Å²) in [6.45, 7) is 2.93. The second-order valence-electron chi connectivity index (χ2n) is 3.63. The summed E-state index contributed by atoms with van der Waals surface area (Å²) < 4.78 is 1.79. The molecule has 1 aromatic heterocycles. The minimum atomic E-state index is 0.796. The average molecular weight is 197 g/mol. The predicted octanol–water partition coefficient (Wildman–Crippen LogP) is -0.144. The lowest BCUT2D eigenvalue weighted by Crippen LogP contribution is -2.22. The summed E-state index contributed by atoms with van der Waals surface area (Å²) in [6, 6.07) is 0. The summed E-state index contributed by atoms with van der Waals surface area (Å²) in [6.07, 6.45) is 2.74. The van der Waals surface area contributed by atoms with Gasteiger partial charge in [-0.2, -0.15) is 5.10 Å². The van der Waals surface area contributed by atoms with Crippen molar-refractivity contribution in [3.8, 4) is 0 Å². The number of rotatable bonds is 6. The second kappa shape index (κ2) is 5.72. The topological polar surface area (TPSA) is 46.0 Å². The van der Waals surface area contributed by atoms with Crippen molar-refractivity contribution >= 4 is 0 Å². The van der Waals surface area contributed by atoms with E-state index < -0.39 is 0 Å². The Hall–Kier alpha value is -0.940. The number of hydrogen-bond donors (Lipinski definition) is 1. The molecule has 0 aromatic carbocycles. The molecule has 1 heterocycles. The van der Waals surface area contributed by atoms with E-state index in [4.69, 9.17) is 0 Å². The Balaban J connectivity index is 2.08. The predicted molar refractivity (Wildman–Crippen MR) is 55.9 cm³/mol. The third-order valence-electron chi connectivity index (χ3n) is 2.05. The number of aryl methyl sites for hydroxylation is 1. The SMILES string of the molecule is CN(C)CCCNCc1ncnn1C. The van der Waals surface area contributed by atoms with Crippen LogP contribution in [0, 0.1) is 0 Å². The third kappa shape index (κ3) is 3.85. The van der Waals surface area contributed by atoms with Gasteiger partial charge < -0.3 is 10.2 Å². The molecule has 0 amide bonds. The molecule has 1 aromatic rings. The first kappa shape index (κ1) is 11.1. The van der Waals surface area contributed by atoms with E-state index in [-0.39, 0.29) is 0 Å². The van der Waals surface area contributed by atoms with Crippen molar-refractivity contribution in [2.24, 2.45) is 7.05 Å². The Bertz CT molecular complexity index is 255. The van der Waals surface area contributed by atoms with Crippen LogP contribution in [0.5, 0.6) is 0 Å². The van der Waals surface area contributed by atoms with Crippen molar-refractivity contribution in [1.82, 2.24) is 25.0 Å². The molecule has 1 rings (SSSR count). The molecule has 0 saturated carbocycles. The molecule has 0 aliphatic rings. The number of nitrogens with one attached hydrogen (secondary N) is 1. The van der Waals surface area contributed by atoms with Gasteiger partial charge in [-0.15, -0.1) is 0 Å².